The van der Waals surface area contributed by atoms with Gasteiger partial charge in [0.2, 0.25) is 0 Å². The van der Waals surface area contributed by atoms with Gasteiger partial charge in [-0.25, -0.2) is 19.5 Å². The second kappa shape index (κ2) is 11.1. The molecule has 0 amide bonds. The van der Waals surface area contributed by atoms with Crippen molar-refractivity contribution < 1.29 is 0 Å². The van der Waals surface area contributed by atoms with Crippen molar-refractivity contribution in [2.75, 3.05) is 0 Å². The summed E-state index contributed by atoms with van der Waals surface area (Å²) in [6.07, 6.45) is 10.9. The summed E-state index contributed by atoms with van der Waals surface area (Å²) in [6, 6.07) is 11.9. The molecule has 0 aromatic carbocycles. The molecule has 0 fully saturated rings. The van der Waals surface area contributed by atoms with Crippen molar-refractivity contribution in [2.24, 2.45) is 0 Å². The number of rotatable bonds is 3. The van der Waals surface area contributed by atoms with E-state index in [0.29, 0.717) is 17.8 Å². The van der Waals surface area contributed by atoms with Gasteiger partial charge in [-0.15, -0.1) is 0 Å². The van der Waals surface area contributed by atoms with Gasteiger partial charge >= 0.3 is 0 Å². The first-order chi connectivity index (χ1) is 17.3. The van der Waals surface area contributed by atoms with Crippen LogP contribution in [0.5, 0.6) is 0 Å². The van der Waals surface area contributed by atoms with E-state index in [0.717, 1.165) is 34.0 Å². The zero-order chi connectivity index (χ0) is 25.7. The summed E-state index contributed by atoms with van der Waals surface area (Å²) < 4.78 is 5.56. The Kier molecular flexibility index (Phi) is 7.68. The first kappa shape index (κ1) is 25.0. The molecule has 6 heterocycles. The van der Waals surface area contributed by atoms with Gasteiger partial charge in [-0.1, -0.05) is 41.5 Å². The molecule has 0 spiro atoms. The minimum atomic E-state index is 0.411. The Morgan fingerprint density at radius 3 is 2.00 bits per heavy atom. The largest absolute Gasteiger partial charge is 0.288 e. The lowest BCUT2D eigenvalue weighted by molar-refractivity contribution is 0.713. The third kappa shape index (κ3) is 5.56. The number of nitrogens with zero attached hydrogens (tertiary/aromatic N) is 9. The third-order valence-electron chi connectivity index (χ3n) is 5.60. The monoisotopic (exact) mass is 483 g/mol. The molecular weight excluding hydrogens is 450 g/mol. The minimum Gasteiger partial charge on any atom is -0.288 e. The maximum Gasteiger partial charge on any atom is 0.139 e. The Morgan fingerprint density at radius 2 is 1.25 bits per heavy atom. The molecule has 0 atom stereocenters. The lowest BCUT2D eigenvalue weighted by Crippen LogP contribution is -2.02. The van der Waals surface area contributed by atoms with Gasteiger partial charge in [-0.05, 0) is 42.3 Å². The number of imidazole rings is 1. The van der Waals surface area contributed by atoms with E-state index in [1.165, 1.54) is 0 Å². The van der Waals surface area contributed by atoms with Gasteiger partial charge in [0.25, 0.3) is 0 Å². The van der Waals surface area contributed by atoms with Gasteiger partial charge < -0.3 is 0 Å². The summed E-state index contributed by atoms with van der Waals surface area (Å²) in [7, 11) is 0. The molecule has 0 unspecified atom stereocenters. The first-order valence-electron chi connectivity index (χ1n) is 12.2. The minimum absolute atomic E-state index is 0.411. The molecule has 0 radical (unpaired) electrons. The normalized spacial score (nSPS) is 11.2. The van der Waals surface area contributed by atoms with E-state index in [9.17, 15) is 0 Å². The molecule has 6 aromatic rings. The van der Waals surface area contributed by atoms with E-state index in [1.54, 1.807) is 29.4 Å². The fourth-order valence-electron chi connectivity index (χ4n) is 3.70. The summed E-state index contributed by atoms with van der Waals surface area (Å²) in [5, 5.41) is 12.6. The molecule has 6 aromatic heterocycles. The third-order valence-corrected chi connectivity index (χ3v) is 5.60. The fraction of sp³-hybridized carbons (Fsp3) is 0.333. The van der Waals surface area contributed by atoms with E-state index in [2.05, 4.69) is 71.8 Å². The predicted octanol–water partition coefficient (Wildman–Crippen LogP) is 5.56. The van der Waals surface area contributed by atoms with E-state index in [1.807, 2.05) is 57.7 Å². The smallest absolute Gasteiger partial charge is 0.139 e. The lowest BCUT2D eigenvalue weighted by atomic mass is 10.1. The molecule has 0 bridgehead atoms. The summed E-state index contributed by atoms with van der Waals surface area (Å²) in [6.45, 7) is 12.7. The zero-order valence-corrected chi connectivity index (χ0v) is 21.7. The maximum absolute atomic E-state index is 4.34. The van der Waals surface area contributed by atoms with Gasteiger partial charge in [0.05, 0.1) is 29.1 Å². The quantitative estimate of drug-likeness (QED) is 0.327. The average Bonchev–Trinajstić information content (AvgIpc) is 3.63. The number of fused-ring (bicyclic) bond motifs is 3. The van der Waals surface area contributed by atoms with Crippen molar-refractivity contribution in [2.45, 2.75) is 59.3 Å². The molecule has 9 nitrogen and oxygen atoms in total. The number of hydrogen-bond acceptors (Lipinski definition) is 6. The molecule has 0 N–H and O–H groups in total. The van der Waals surface area contributed by atoms with Crippen LogP contribution in [-0.2, 0) is 0 Å². The van der Waals surface area contributed by atoms with Gasteiger partial charge in [0.15, 0.2) is 0 Å². The van der Waals surface area contributed by atoms with E-state index < -0.39 is 0 Å². The van der Waals surface area contributed by atoms with Crippen LogP contribution in [0.2, 0.25) is 0 Å². The standard InChI is InChI=1S/3C9H11N3/c1-7(2)9-10-5-3-8-4-6-11-12(8)9;1-7(2)9-11-4-3-8-10-5-6-12(8)9;1-7(2)9-4-3-8-5-6-10-12(8)11-9/h3*3-7H,1-2H3. The van der Waals surface area contributed by atoms with Gasteiger partial charge in [0.1, 0.15) is 17.3 Å². The molecule has 0 saturated carbocycles. The number of hydrogen-bond donors (Lipinski definition) is 0. The van der Waals surface area contributed by atoms with E-state index >= 15 is 0 Å². The van der Waals surface area contributed by atoms with Crippen LogP contribution in [0.3, 0.4) is 0 Å². The second-order valence-electron chi connectivity index (χ2n) is 9.40. The average molecular weight is 484 g/mol. The van der Waals surface area contributed by atoms with Crippen LogP contribution in [0.25, 0.3) is 16.7 Å². The molecule has 186 valence electrons. The molecule has 36 heavy (non-hydrogen) atoms. The maximum atomic E-state index is 4.34. The van der Waals surface area contributed by atoms with Crippen molar-refractivity contribution >= 4 is 16.7 Å². The Balaban J connectivity index is 0.000000127. The molecule has 0 aliphatic heterocycles. The van der Waals surface area contributed by atoms with Crippen molar-refractivity contribution in [1.82, 2.24) is 43.8 Å². The molecule has 0 aliphatic rings. The van der Waals surface area contributed by atoms with Crippen molar-refractivity contribution in [3.05, 3.63) is 90.9 Å². The molecular formula is C27H33N9. The highest BCUT2D eigenvalue weighted by molar-refractivity contribution is 5.45. The molecule has 0 aliphatic carbocycles. The van der Waals surface area contributed by atoms with E-state index in [-0.39, 0.29) is 0 Å². The molecule has 6 rings (SSSR count). The van der Waals surface area contributed by atoms with Crippen LogP contribution in [0.4, 0.5) is 0 Å². The SMILES string of the molecule is CC(C)c1ccc2ccnn2n1.CC(C)c1nccc2ccnn12.CC(C)c1nccc2nccn12. The Hall–Kier alpha value is -4.14. The highest BCUT2D eigenvalue weighted by atomic mass is 15.4. The number of aromatic nitrogens is 9. The summed E-state index contributed by atoms with van der Waals surface area (Å²) in [5.74, 6) is 3.37. The molecule has 0 saturated heterocycles. The van der Waals surface area contributed by atoms with Gasteiger partial charge in [0, 0.05) is 36.6 Å². The van der Waals surface area contributed by atoms with Crippen LogP contribution < -0.4 is 0 Å². The van der Waals surface area contributed by atoms with Crippen molar-refractivity contribution in [3.8, 4) is 0 Å². The predicted molar refractivity (Wildman–Crippen MR) is 141 cm³/mol. The topological polar surface area (TPSA) is 90.6 Å². The van der Waals surface area contributed by atoms with Crippen LogP contribution in [0.1, 0.15) is 76.6 Å². The zero-order valence-electron chi connectivity index (χ0n) is 21.7. The van der Waals surface area contributed by atoms with Crippen LogP contribution in [0, 0.1) is 0 Å². The Morgan fingerprint density at radius 1 is 0.583 bits per heavy atom. The van der Waals surface area contributed by atoms with Crippen molar-refractivity contribution in [1.29, 1.82) is 0 Å². The highest BCUT2D eigenvalue weighted by Gasteiger charge is 2.06. The lowest BCUT2D eigenvalue weighted by Gasteiger charge is -2.05. The fourth-order valence-corrected chi connectivity index (χ4v) is 3.70. The van der Waals surface area contributed by atoms with Crippen LogP contribution >= 0.6 is 0 Å². The summed E-state index contributed by atoms with van der Waals surface area (Å²) in [5.41, 5.74) is 4.19. The van der Waals surface area contributed by atoms with Crippen LogP contribution in [-0.4, -0.2) is 43.8 Å². The highest BCUT2D eigenvalue weighted by Crippen LogP contribution is 2.13. The van der Waals surface area contributed by atoms with Crippen molar-refractivity contribution in [3.63, 3.8) is 0 Å². The second-order valence-corrected chi connectivity index (χ2v) is 9.40. The Labute approximate surface area is 210 Å². The van der Waals surface area contributed by atoms with Crippen LogP contribution in [0.15, 0.2) is 73.6 Å². The molecule has 9 heteroatoms. The first-order valence-corrected chi connectivity index (χ1v) is 12.2. The van der Waals surface area contributed by atoms with Gasteiger partial charge in [-0.3, -0.25) is 4.40 Å². The summed E-state index contributed by atoms with van der Waals surface area (Å²) >= 11 is 0. The summed E-state index contributed by atoms with van der Waals surface area (Å²) in [4.78, 5) is 12.8. The Bertz CT molecular complexity index is 1460. The van der Waals surface area contributed by atoms with Gasteiger partial charge in [-0.2, -0.15) is 19.9 Å². The van der Waals surface area contributed by atoms with E-state index in [4.69, 9.17) is 0 Å².